The number of hydrogen-bond donors (Lipinski definition) is 5. The van der Waals surface area contributed by atoms with E-state index in [0.29, 0.717) is 38.5 Å². The molecule has 8 aliphatic rings. The van der Waals surface area contributed by atoms with Crippen molar-refractivity contribution in [3.8, 4) is 0 Å². The number of ketones is 5. The first-order valence-corrected chi connectivity index (χ1v) is 19.9. The lowest BCUT2D eigenvalue weighted by Crippen LogP contribution is -2.62. The van der Waals surface area contributed by atoms with Gasteiger partial charge in [0.25, 0.3) is 0 Å². The number of carbonyl (C=O) groups excluding carboxylic acids is 5. The molecule has 0 aromatic rings. The van der Waals surface area contributed by atoms with E-state index in [0.717, 1.165) is 36.8 Å². The zero-order valence-electron chi connectivity index (χ0n) is 31.9. The van der Waals surface area contributed by atoms with Crippen LogP contribution in [0.15, 0.2) is 35.5 Å². The summed E-state index contributed by atoms with van der Waals surface area (Å²) in [5, 5.41) is 52.3. The van der Waals surface area contributed by atoms with Crippen molar-refractivity contribution < 1.29 is 49.5 Å². The minimum Gasteiger partial charge on any atom is -0.393 e. The zero-order valence-corrected chi connectivity index (χ0v) is 31.9. The lowest BCUT2D eigenvalue weighted by Gasteiger charge is -2.60. The molecule has 0 bridgehead atoms. The van der Waals surface area contributed by atoms with E-state index < -0.39 is 52.9 Å². The molecule has 0 amide bonds. The van der Waals surface area contributed by atoms with Gasteiger partial charge in [-0.15, -0.1) is 0 Å². The molecule has 0 spiro atoms. The summed E-state index contributed by atoms with van der Waals surface area (Å²) < 4.78 is 0. The number of aliphatic hydroxyl groups excluding tert-OH is 3. The Balaban J connectivity index is 0.000000164. The predicted molar refractivity (Wildman–Crippen MR) is 194 cm³/mol. The van der Waals surface area contributed by atoms with Crippen LogP contribution >= 0.6 is 0 Å². The van der Waals surface area contributed by atoms with Gasteiger partial charge in [-0.2, -0.15) is 0 Å². The van der Waals surface area contributed by atoms with Crippen molar-refractivity contribution in [3.05, 3.63) is 35.5 Å². The maximum Gasteiger partial charge on any atom is 0.190 e. The highest BCUT2D eigenvalue weighted by Crippen LogP contribution is 2.69. The molecule has 5 N–H and O–H groups in total. The fourth-order valence-electron chi connectivity index (χ4n) is 14.3. The predicted octanol–water partition coefficient (Wildman–Crippen LogP) is 3.79. The highest BCUT2D eigenvalue weighted by Gasteiger charge is 2.70. The highest BCUT2D eigenvalue weighted by atomic mass is 16.3. The number of allylic oxidation sites excluding steroid dienone is 5. The van der Waals surface area contributed by atoms with E-state index >= 15 is 0 Å². The molecule has 0 heterocycles. The Kier molecular flexibility index (Phi) is 9.26. The van der Waals surface area contributed by atoms with Crippen molar-refractivity contribution in [2.45, 2.75) is 123 Å². The van der Waals surface area contributed by atoms with Crippen LogP contribution in [0.2, 0.25) is 0 Å². The van der Waals surface area contributed by atoms with Crippen LogP contribution in [0.25, 0.3) is 0 Å². The van der Waals surface area contributed by atoms with Gasteiger partial charge in [0.15, 0.2) is 23.1 Å². The summed E-state index contributed by atoms with van der Waals surface area (Å²) in [7, 11) is 0. The molecular weight excluding hydrogens is 676 g/mol. The molecule has 14 atom stereocenters. The van der Waals surface area contributed by atoms with Gasteiger partial charge >= 0.3 is 0 Å². The summed E-state index contributed by atoms with van der Waals surface area (Å²) >= 11 is 0. The fraction of sp³-hybridized carbons (Fsp3) is 0.744. The third kappa shape index (κ3) is 5.17. The largest absolute Gasteiger partial charge is 0.393 e. The maximum absolute atomic E-state index is 13.3. The van der Waals surface area contributed by atoms with Gasteiger partial charge in [0, 0.05) is 40.9 Å². The fourth-order valence-corrected chi connectivity index (χ4v) is 14.3. The summed E-state index contributed by atoms with van der Waals surface area (Å²) in [5.41, 5.74) is -3.14. The van der Waals surface area contributed by atoms with Crippen LogP contribution in [-0.2, 0) is 24.0 Å². The average Bonchev–Trinajstić information content (AvgIpc) is 3.54. The van der Waals surface area contributed by atoms with Gasteiger partial charge in [0.2, 0.25) is 0 Å². The van der Waals surface area contributed by atoms with Crippen molar-refractivity contribution in [1.29, 1.82) is 0 Å². The molecule has 0 aromatic heterocycles. The van der Waals surface area contributed by atoms with Crippen molar-refractivity contribution in [1.82, 2.24) is 0 Å². The van der Waals surface area contributed by atoms with E-state index in [2.05, 4.69) is 20.8 Å². The quantitative estimate of drug-likeness (QED) is 0.285. The SMILES string of the molecule is C[C@H]1C[C@@H]2[C@H]([C@@H](O)C[C@@]3(C)[C@H]2CC[C@]3(O)C(=O)CO)[C@@]2(C)C=CC(=O)C=C12.C[C@]12CCC(=O)C=C1CC[C@@H]1[C@@H]2C(=O)C[C@@]2(C)[C@H]1CC[C@]2(O)C(=O)CO. The minimum absolute atomic E-state index is 0.00620. The van der Waals surface area contributed by atoms with E-state index in [9.17, 15) is 49.5 Å². The molecule has 8 rings (SSSR count). The van der Waals surface area contributed by atoms with E-state index in [1.807, 2.05) is 19.9 Å². The summed E-state index contributed by atoms with van der Waals surface area (Å²) in [6, 6.07) is 0. The normalized spacial score (nSPS) is 49.5. The first-order chi connectivity index (χ1) is 24.8. The second kappa shape index (κ2) is 12.7. The van der Waals surface area contributed by atoms with Crippen LogP contribution in [0, 0.1) is 63.1 Å². The Hall–Kier alpha value is -2.63. The van der Waals surface area contributed by atoms with Crippen LogP contribution < -0.4 is 0 Å². The molecule has 0 unspecified atom stereocenters. The Morgan fingerprint density at radius 2 is 1.42 bits per heavy atom. The van der Waals surface area contributed by atoms with Gasteiger partial charge in [0.1, 0.15) is 30.2 Å². The molecule has 10 nitrogen and oxygen atoms in total. The van der Waals surface area contributed by atoms with Gasteiger partial charge in [-0.25, -0.2) is 0 Å². The Labute approximate surface area is 312 Å². The maximum atomic E-state index is 13.3. The standard InChI is InChI=1S/C22H30O5.C21H28O5/c1-12-8-14-15-5-7-22(27,18(26)11-23)21(15,3)10-17(25)19(14)20(2)6-4-13(24)9-16(12)20;1-19-7-5-13(23)9-12(19)3-4-14-15-6-8-21(26,17(25)11-22)20(15,2)10-16(24)18(14)19/h4,6,9,12,14-15,17,19,23,25,27H,5,7-8,10-11H2,1-3H3;9,14-15,18,22,26H,3-8,10-11H2,1-2H3/t12-,14-,15-,17-,19+,20-,21-,22-;14-,15-,18+,19-,20-,21-/m00/s1. The molecule has 0 aliphatic heterocycles. The molecule has 10 heteroatoms. The van der Waals surface area contributed by atoms with Crippen molar-refractivity contribution in [2.75, 3.05) is 13.2 Å². The van der Waals surface area contributed by atoms with Crippen LogP contribution in [-0.4, -0.2) is 85.0 Å². The first kappa shape index (κ1) is 38.6. The molecule has 6 fully saturated rings. The van der Waals surface area contributed by atoms with E-state index in [1.165, 1.54) is 0 Å². The molecule has 290 valence electrons. The van der Waals surface area contributed by atoms with Crippen LogP contribution in [0.3, 0.4) is 0 Å². The number of hydrogen-bond acceptors (Lipinski definition) is 10. The van der Waals surface area contributed by atoms with E-state index in [1.54, 1.807) is 18.2 Å². The lowest BCUT2D eigenvalue weighted by atomic mass is 9.45. The van der Waals surface area contributed by atoms with Crippen molar-refractivity contribution in [2.24, 2.45) is 63.1 Å². The van der Waals surface area contributed by atoms with Gasteiger partial charge < -0.3 is 25.5 Å². The highest BCUT2D eigenvalue weighted by molar-refractivity contribution is 6.01. The van der Waals surface area contributed by atoms with Crippen LogP contribution in [0.5, 0.6) is 0 Å². The third-order valence-corrected chi connectivity index (χ3v) is 17.0. The molecular formula is C43H58O10. The third-order valence-electron chi connectivity index (χ3n) is 17.0. The van der Waals surface area contributed by atoms with Gasteiger partial charge in [-0.3, -0.25) is 24.0 Å². The zero-order chi connectivity index (χ0) is 38.7. The average molecular weight is 735 g/mol. The minimum atomic E-state index is -1.60. The Morgan fingerprint density at radius 3 is 2.04 bits per heavy atom. The number of carbonyl (C=O) groups is 5. The second-order valence-electron chi connectivity index (χ2n) is 19.1. The van der Waals surface area contributed by atoms with Gasteiger partial charge in [0.05, 0.1) is 6.10 Å². The summed E-state index contributed by atoms with van der Waals surface area (Å²) in [4.78, 5) is 61.9. The summed E-state index contributed by atoms with van der Waals surface area (Å²) in [6.07, 6.45) is 12.7. The van der Waals surface area contributed by atoms with E-state index in [-0.39, 0.29) is 76.0 Å². The summed E-state index contributed by atoms with van der Waals surface area (Å²) in [6.45, 7) is 8.79. The number of rotatable bonds is 4. The molecule has 53 heavy (non-hydrogen) atoms. The Morgan fingerprint density at radius 1 is 0.811 bits per heavy atom. The topological polar surface area (TPSA) is 186 Å². The Bertz CT molecular complexity index is 1730. The monoisotopic (exact) mass is 734 g/mol. The molecule has 6 saturated carbocycles. The second-order valence-corrected chi connectivity index (χ2v) is 19.1. The van der Waals surface area contributed by atoms with E-state index in [4.69, 9.17) is 0 Å². The number of aliphatic hydroxyl groups is 5. The van der Waals surface area contributed by atoms with Crippen LogP contribution in [0.4, 0.5) is 0 Å². The molecule has 0 saturated heterocycles. The van der Waals surface area contributed by atoms with Crippen LogP contribution in [0.1, 0.15) is 105 Å². The van der Waals surface area contributed by atoms with Crippen molar-refractivity contribution >= 4 is 28.9 Å². The molecule has 8 aliphatic carbocycles. The molecule has 0 aromatic carbocycles. The molecule has 0 radical (unpaired) electrons. The smallest absolute Gasteiger partial charge is 0.190 e. The number of fused-ring (bicyclic) bond motifs is 10. The van der Waals surface area contributed by atoms with Gasteiger partial charge in [-0.1, -0.05) is 51.8 Å². The van der Waals surface area contributed by atoms with Gasteiger partial charge in [-0.05, 0) is 111 Å². The number of Topliss-reactive ketones (excluding diaryl/α,β-unsaturated/α-hetero) is 3. The lowest BCUT2D eigenvalue weighted by molar-refractivity contribution is -0.180. The summed E-state index contributed by atoms with van der Waals surface area (Å²) in [5.74, 6) is -0.249. The first-order valence-electron chi connectivity index (χ1n) is 19.9. The van der Waals surface area contributed by atoms with Crippen molar-refractivity contribution in [3.63, 3.8) is 0 Å².